The van der Waals surface area contributed by atoms with Crippen molar-refractivity contribution in [3.63, 3.8) is 0 Å². The first-order valence-electron chi connectivity index (χ1n) is 21.6. The molecule has 0 fully saturated rings. The number of aliphatic hydroxyl groups excluding tert-OH is 2. The maximum atomic E-state index is 12.6. The zero-order valence-electron chi connectivity index (χ0n) is 34.6. The van der Waals surface area contributed by atoms with Gasteiger partial charge in [-0.2, -0.15) is 0 Å². The Labute approximate surface area is 334 Å². The number of phosphoric acid groups is 1. The number of aliphatic hydroxyl groups is 2. The Hall–Kier alpha value is -2.07. The SMILES string of the molecule is CCCCCCCC/C=C/C/C=C/C/C=C/CCCC(=O)OC[C@H](COP(=O)(O)OC[C@@H](O)CO)OC(=O)CC/C=C/CCCCCCCCCCCCC. The van der Waals surface area contributed by atoms with Crippen molar-refractivity contribution < 1.29 is 47.8 Å². The third-order valence-electron chi connectivity index (χ3n) is 8.97. The van der Waals surface area contributed by atoms with Crippen LogP contribution in [0.2, 0.25) is 0 Å². The number of hydrogen-bond donors (Lipinski definition) is 3. The molecule has 0 aromatic carbocycles. The summed E-state index contributed by atoms with van der Waals surface area (Å²) in [6.07, 6.45) is 42.4. The van der Waals surface area contributed by atoms with Crippen LogP contribution in [-0.2, 0) is 32.7 Å². The second-order valence-electron chi connectivity index (χ2n) is 14.4. The summed E-state index contributed by atoms with van der Waals surface area (Å²) in [7, 11) is -4.64. The van der Waals surface area contributed by atoms with Gasteiger partial charge in [-0.25, -0.2) is 4.57 Å². The number of carbonyl (C=O) groups excluding carboxylic acids is 2. The molecule has 0 aromatic heterocycles. The molecule has 10 nitrogen and oxygen atoms in total. The number of hydrogen-bond acceptors (Lipinski definition) is 9. The molecule has 11 heteroatoms. The Morgan fingerprint density at radius 1 is 0.545 bits per heavy atom. The lowest BCUT2D eigenvalue weighted by molar-refractivity contribution is -0.161. The first kappa shape index (κ1) is 52.9. The molecule has 0 aliphatic heterocycles. The number of ether oxygens (including phenoxy) is 2. The number of phosphoric ester groups is 1. The molecular formula is C44H79O10P. The lowest BCUT2D eigenvalue weighted by Gasteiger charge is -2.20. The van der Waals surface area contributed by atoms with E-state index >= 15 is 0 Å². The third kappa shape index (κ3) is 39.9. The topological polar surface area (TPSA) is 149 Å². The summed E-state index contributed by atoms with van der Waals surface area (Å²) < 4.78 is 32.6. The molecule has 1 unspecified atom stereocenters. The predicted molar refractivity (Wildman–Crippen MR) is 224 cm³/mol. The van der Waals surface area contributed by atoms with Crippen LogP contribution < -0.4 is 0 Å². The maximum Gasteiger partial charge on any atom is 0.472 e. The average molecular weight is 799 g/mol. The van der Waals surface area contributed by atoms with Crippen molar-refractivity contribution in [1.82, 2.24) is 0 Å². The largest absolute Gasteiger partial charge is 0.472 e. The van der Waals surface area contributed by atoms with Crippen LogP contribution in [0.15, 0.2) is 48.6 Å². The Morgan fingerprint density at radius 2 is 0.982 bits per heavy atom. The fourth-order valence-corrected chi connectivity index (χ4v) is 6.40. The van der Waals surface area contributed by atoms with Crippen molar-refractivity contribution in [3.05, 3.63) is 48.6 Å². The third-order valence-corrected chi connectivity index (χ3v) is 9.92. The molecule has 0 saturated heterocycles. The van der Waals surface area contributed by atoms with Crippen molar-refractivity contribution in [1.29, 1.82) is 0 Å². The van der Waals surface area contributed by atoms with E-state index in [1.165, 1.54) is 103 Å². The van der Waals surface area contributed by atoms with Crippen LogP contribution in [0.4, 0.5) is 0 Å². The fraction of sp³-hybridized carbons (Fsp3) is 0.773. The Kier molecular flexibility index (Phi) is 38.6. The van der Waals surface area contributed by atoms with Crippen molar-refractivity contribution in [2.24, 2.45) is 0 Å². The molecule has 320 valence electrons. The summed E-state index contributed by atoms with van der Waals surface area (Å²) >= 11 is 0. The molecule has 0 spiro atoms. The standard InChI is InChI=1S/C44H79O10P/c1-3-5-7-9-11-13-15-17-19-20-22-23-25-27-29-31-33-35-43(47)51-39-42(40-53-55(49,50)52-38-41(46)37-45)54-44(48)36-34-32-30-28-26-24-21-18-16-14-12-10-8-6-4-2/h17,19,22-23,27,29-30,32,41-42,45-46H,3-16,18,20-21,24-26,28,31,33-40H2,1-2H3,(H,49,50)/b19-17+,23-22+,29-27+,32-30+/t41-,42+/m0/s1. The Morgan fingerprint density at radius 3 is 1.51 bits per heavy atom. The second kappa shape index (κ2) is 40.1. The normalized spacial score (nSPS) is 14.3. The van der Waals surface area contributed by atoms with E-state index in [4.69, 9.17) is 19.1 Å². The van der Waals surface area contributed by atoms with Gasteiger partial charge in [0.1, 0.15) is 12.7 Å². The summed E-state index contributed by atoms with van der Waals surface area (Å²) in [4.78, 5) is 34.9. The van der Waals surface area contributed by atoms with Gasteiger partial charge in [0.15, 0.2) is 6.10 Å². The Bertz CT molecular complexity index is 1060. The molecule has 0 radical (unpaired) electrons. The van der Waals surface area contributed by atoms with Crippen LogP contribution in [-0.4, -0.2) is 65.7 Å². The lowest BCUT2D eigenvalue weighted by atomic mass is 10.1. The molecule has 0 amide bonds. The quantitative estimate of drug-likeness (QED) is 0.0237. The summed E-state index contributed by atoms with van der Waals surface area (Å²) in [6, 6.07) is 0. The van der Waals surface area contributed by atoms with Crippen molar-refractivity contribution in [2.45, 2.75) is 193 Å². The van der Waals surface area contributed by atoms with E-state index < -0.39 is 51.8 Å². The molecule has 55 heavy (non-hydrogen) atoms. The van der Waals surface area contributed by atoms with Gasteiger partial charge < -0.3 is 24.6 Å². The Balaban J connectivity index is 4.42. The van der Waals surface area contributed by atoms with E-state index in [1.807, 2.05) is 12.2 Å². The minimum absolute atomic E-state index is 0.0899. The van der Waals surface area contributed by atoms with E-state index in [0.717, 1.165) is 32.1 Å². The van der Waals surface area contributed by atoms with Crippen LogP contribution in [0.5, 0.6) is 0 Å². The van der Waals surface area contributed by atoms with E-state index in [0.29, 0.717) is 19.3 Å². The van der Waals surface area contributed by atoms with E-state index in [9.17, 15) is 24.2 Å². The van der Waals surface area contributed by atoms with Gasteiger partial charge >= 0.3 is 19.8 Å². The number of esters is 2. The summed E-state index contributed by atoms with van der Waals surface area (Å²) in [5.41, 5.74) is 0. The van der Waals surface area contributed by atoms with Crippen molar-refractivity contribution in [3.8, 4) is 0 Å². The summed E-state index contributed by atoms with van der Waals surface area (Å²) in [6.45, 7) is 2.27. The van der Waals surface area contributed by atoms with E-state index in [-0.39, 0.29) is 19.4 Å². The number of unbranched alkanes of at least 4 members (excludes halogenated alkanes) is 18. The smallest absolute Gasteiger partial charge is 0.462 e. The van der Waals surface area contributed by atoms with Crippen LogP contribution in [0.1, 0.15) is 181 Å². The van der Waals surface area contributed by atoms with Gasteiger partial charge in [0, 0.05) is 12.8 Å². The highest BCUT2D eigenvalue weighted by molar-refractivity contribution is 7.47. The molecule has 3 atom stereocenters. The van der Waals surface area contributed by atoms with E-state index in [1.54, 1.807) is 0 Å². The molecule has 0 aliphatic carbocycles. The first-order chi connectivity index (χ1) is 26.7. The molecular weight excluding hydrogens is 719 g/mol. The van der Waals surface area contributed by atoms with Crippen molar-refractivity contribution >= 4 is 19.8 Å². The fourth-order valence-electron chi connectivity index (χ4n) is 5.61. The zero-order valence-corrected chi connectivity index (χ0v) is 35.5. The summed E-state index contributed by atoms with van der Waals surface area (Å²) in [5, 5.41) is 18.3. The highest BCUT2D eigenvalue weighted by Crippen LogP contribution is 2.43. The summed E-state index contributed by atoms with van der Waals surface area (Å²) in [5.74, 6) is -1.04. The molecule has 0 heterocycles. The molecule has 0 saturated carbocycles. The van der Waals surface area contributed by atoms with Gasteiger partial charge in [-0.05, 0) is 57.8 Å². The van der Waals surface area contributed by atoms with Gasteiger partial charge in [0.25, 0.3) is 0 Å². The minimum Gasteiger partial charge on any atom is -0.462 e. The van der Waals surface area contributed by atoms with Crippen LogP contribution in [0.25, 0.3) is 0 Å². The second-order valence-corrected chi connectivity index (χ2v) is 15.8. The number of carbonyl (C=O) groups is 2. The van der Waals surface area contributed by atoms with Gasteiger partial charge in [0.05, 0.1) is 19.8 Å². The van der Waals surface area contributed by atoms with Gasteiger partial charge in [-0.3, -0.25) is 18.6 Å². The maximum absolute atomic E-state index is 12.6. The highest BCUT2D eigenvalue weighted by atomic mass is 31.2. The van der Waals surface area contributed by atoms with Crippen molar-refractivity contribution in [2.75, 3.05) is 26.4 Å². The first-order valence-corrected chi connectivity index (χ1v) is 23.1. The van der Waals surface area contributed by atoms with Crippen LogP contribution in [0.3, 0.4) is 0 Å². The zero-order chi connectivity index (χ0) is 40.5. The number of allylic oxidation sites excluding steroid dienone is 8. The molecule has 0 aromatic rings. The van der Waals surface area contributed by atoms with Gasteiger partial charge in [0.2, 0.25) is 0 Å². The predicted octanol–water partition coefficient (Wildman–Crippen LogP) is 11.3. The number of rotatable bonds is 40. The molecule has 0 rings (SSSR count). The van der Waals surface area contributed by atoms with Gasteiger partial charge in [-0.1, -0.05) is 159 Å². The molecule has 0 aliphatic rings. The monoisotopic (exact) mass is 799 g/mol. The molecule has 0 bridgehead atoms. The highest BCUT2D eigenvalue weighted by Gasteiger charge is 2.27. The average Bonchev–Trinajstić information content (AvgIpc) is 3.17. The van der Waals surface area contributed by atoms with Crippen LogP contribution in [0, 0.1) is 0 Å². The minimum atomic E-state index is -4.64. The van der Waals surface area contributed by atoms with Gasteiger partial charge in [-0.15, -0.1) is 0 Å². The molecule has 3 N–H and O–H groups in total. The lowest BCUT2D eigenvalue weighted by Crippen LogP contribution is -2.29. The van der Waals surface area contributed by atoms with E-state index in [2.05, 4.69) is 54.8 Å². The van der Waals surface area contributed by atoms with Crippen LogP contribution >= 0.6 is 7.82 Å².